The number of thiophene rings is 1. The fourth-order valence-corrected chi connectivity index (χ4v) is 2.37. The van der Waals surface area contributed by atoms with Crippen LogP contribution < -0.4 is 5.73 Å². The molecule has 0 fully saturated rings. The highest BCUT2D eigenvalue weighted by atomic mass is 32.1. The maximum Gasteiger partial charge on any atom is 0.337 e. The fraction of sp³-hybridized carbons (Fsp3) is 0.100. The van der Waals surface area contributed by atoms with Crippen molar-refractivity contribution in [3.05, 3.63) is 28.6 Å². The molecule has 0 bridgehead atoms. The Morgan fingerprint density at radius 2 is 2.29 bits per heavy atom. The summed E-state index contributed by atoms with van der Waals surface area (Å²) in [6, 6.07) is 3.52. The van der Waals surface area contributed by atoms with Crippen LogP contribution in [0.5, 0.6) is 0 Å². The highest BCUT2D eigenvalue weighted by Crippen LogP contribution is 2.31. The first kappa shape index (κ1) is 9.02. The highest BCUT2D eigenvalue weighted by molar-refractivity contribution is 7.17. The van der Waals surface area contributed by atoms with Gasteiger partial charge in [0.15, 0.2) is 0 Å². The summed E-state index contributed by atoms with van der Waals surface area (Å²) in [5, 5.41) is 11.8. The van der Waals surface area contributed by atoms with E-state index in [-0.39, 0.29) is 5.56 Å². The van der Waals surface area contributed by atoms with Gasteiger partial charge in [-0.05, 0) is 35.4 Å². The lowest BCUT2D eigenvalue weighted by Crippen LogP contribution is -2.03. The summed E-state index contributed by atoms with van der Waals surface area (Å²) in [4.78, 5) is 10.9. The number of aryl methyl sites for hydroxylation is 1. The minimum Gasteiger partial charge on any atom is -0.478 e. The lowest BCUT2D eigenvalue weighted by atomic mass is 10.1. The standard InChI is InChI=1S/C10H9NO2S/c1-5-8(11)7(10(12)13)4-6-2-3-14-9(5)6/h2-4H,11H2,1H3,(H,12,13). The summed E-state index contributed by atoms with van der Waals surface area (Å²) >= 11 is 1.58. The summed E-state index contributed by atoms with van der Waals surface area (Å²) in [5.41, 5.74) is 7.15. The molecule has 72 valence electrons. The second-order valence-corrected chi connectivity index (χ2v) is 4.02. The molecule has 0 saturated carbocycles. The van der Waals surface area contributed by atoms with Crippen LogP contribution in [0.15, 0.2) is 17.5 Å². The minimum absolute atomic E-state index is 0.188. The van der Waals surface area contributed by atoms with Crippen LogP contribution in [0.3, 0.4) is 0 Å². The van der Waals surface area contributed by atoms with E-state index in [1.807, 2.05) is 18.4 Å². The number of nitrogen functional groups attached to an aromatic ring is 1. The van der Waals surface area contributed by atoms with Gasteiger partial charge in [-0.3, -0.25) is 0 Å². The minimum atomic E-state index is -0.973. The third-order valence-corrected chi connectivity index (χ3v) is 3.31. The SMILES string of the molecule is Cc1c(N)c(C(=O)O)cc2ccsc12. The van der Waals surface area contributed by atoms with E-state index in [0.717, 1.165) is 15.6 Å². The van der Waals surface area contributed by atoms with Crippen molar-refractivity contribution < 1.29 is 9.90 Å². The molecule has 0 amide bonds. The Labute approximate surface area is 84.8 Å². The predicted octanol–water partition coefficient (Wildman–Crippen LogP) is 2.49. The summed E-state index contributed by atoms with van der Waals surface area (Å²) < 4.78 is 1.06. The Balaban J connectivity index is 2.87. The van der Waals surface area contributed by atoms with Gasteiger partial charge in [0, 0.05) is 4.70 Å². The predicted molar refractivity (Wildman–Crippen MR) is 57.9 cm³/mol. The van der Waals surface area contributed by atoms with Crippen molar-refractivity contribution in [3.8, 4) is 0 Å². The van der Waals surface area contributed by atoms with E-state index in [1.54, 1.807) is 17.4 Å². The maximum atomic E-state index is 10.9. The van der Waals surface area contributed by atoms with E-state index < -0.39 is 5.97 Å². The summed E-state index contributed by atoms with van der Waals surface area (Å²) in [6.07, 6.45) is 0. The van der Waals surface area contributed by atoms with Crippen LogP contribution in [0.1, 0.15) is 15.9 Å². The van der Waals surface area contributed by atoms with Crippen molar-refractivity contribution in [2.24, 2.45) is 0 Å². The molecule has 0 spiro atoms. The van der Waals surface area contributed by atoms with Gasteiger partial charge >= 0.3 is 5.97 Å². The first-order valence-electron chi connectivity index (χ1n) is 4.11. The number of rotatable bonds is 1. The molecule has 0 saturated heterocycles. The molecular weight excluding hydrogens is 198 g/mol. The van der Waals surface area contributed by atoms with Gasteiger partial charge in [-0.1, -0.05) is 0 Å². The van der Waals surface area contributed by atoms with Crippen LogP contribution in [-0.2, 0) is 0 Å². The van der Waals surface area contributed by atoms with Crippen molar-refractivity contribution >= 4 is 33.1 Å². The van der Waals surface area contributed by atoms with Crippen LogP contribution in [0.25, 0.3) is 10.1 Å². The van der Waals surface area contributed by atoms with E-state index in [4.69, 9.17) is 10.8 Å². The second-order valence-electron chi connectivity index (χ2n) is 3.11. The van der Waals surface area contributed by atoms with E-state index >= 15 is 0 Å². The smallest absolute Gasteiger partial charge is 0.337 e. The number of anilines is 1. The average molecular weight is 207 g/mol. The van der Waals surface area contributed by atoms with E-state index in [2.05, 4.69) is 0 Å². The van der Waals surface area contributed by atoms with Crippen LogP contribution in [0.2, 0.25) is 0 Å². The van der Waals surface area contributed by atoms with Gasteiger partial charge in [0.2, 0.25) is 0 Å². The zero-order valence-electron chi connectivity index (χ0n) is 7.57. The zero-order valence-corrected chi connectivity index (χ0v) is 8.39. The van der Waals surface area contributed by atoms with Gasteiger partial charge in [0.05, 0.1) is 11.3 Å². The number of carboxylic acid groups (broad SMARTS) is 1. The van der Waals surface area contributed by atoms with Crippen LogP contribution in [0, 0.1) is 6.92 Å². The number of nitrogens with two attached hydrogens (primary N) is 1. The molecule has 0 aliphatic carbocycles. The quantitative estimate of drug-likeness (QED) is 0.706. The van der Waals surface area contributed by atoms with E-state index in [1.165, 1.54) is 0 Å². The van der Waals surface area contributed by atoms with Gasteiger partial charge in [0.1, 0.15) is 0 Å². The molecule has 14 heavy (non-hydrogen) atoms. The number of hydrogen-bond acceptors (Lipinski definition) is 3. The third-order valence-electron chi connectivity index (χ3n) is 2.26. The van der Waals surface area contributed by atoms with Gasteiger partial charge in [-0.25, -0.2) is 4.79 Å². The molecule has 3 N–H and O–H groups in total. The molecular formula is C10H9NO2S. The lowest BCUT2D eigenvalue weighted by Gasteiger charge is -2.05. The third kappa shape index (κ3) is 1.15. The lowest BCUT2D eigenvalue weighted by molar-refractivity contribution is 0.0698. The number of carbonyl (C=O) groups is 1. The molecule has 0 aliphatic rings. The molecule has 1 heterocycles. The number of carboxylic acids is 1. The largest absolute Gasteiger partial charge is 0.478 e. The van der Waals surface area contributed by atoms with Crippen molar-refractivity contribution in [2.75, 3.05) is 5.73 Å². The summed E-state index contributed by atoms with van der Waals surface area (Å²) in [7, 11) is 0. The van der Waals surface area contributed by atoms with Crippen LogP contribution in [-0.4, -0.2) is 11.1 Å². The van der Waals surface area contributed by atoms with Crippen molar-refractivity contribution in [1.29, 1.82) is 0 Å². The van der Waals surface area contributed by atoms with Crippen molar-refractivity contribution in [2.45, 2.75) is 6.92 Å². The van der Waals surface area contributed by atoms with E-state index in [9.17, 15) is 4.79 Å². The van der Waals surface area contributed by atoms with Crippen LogP contribution >= 0.6 is 11.3 Å². The molecule has 3 nitrogen and oxygen atoms in total. The van der Waals surface area contributed by atoms with Gasteiger partial charge in [-0.15, -0.1) is 11.3 Å². The topological polar surface area (TPSA) is 63.3 Å². The van der Waals surface area contributed by atoms with Gasteiger partial charge in [-0.2, -0.15) is 0 Å². The molecule has 2 rings (SSSR count). The Morgan fingerprint density at radius 1 is 1.57 bits per heavy atom. The molecule has 4 heteroatoms. The van der Waals surface area contributed by atoms with Gasteiger partial charge in [0.25, 0.3) is 0 Å². The number of fused-ring (bicyclic) bond motifs is 1. The number of aromatic carboxylic acids is 1. The summed E-state index contributed by atoms with van der Waals surface area (Å²) in [5.74, 6) is -0.973. The molecule has 0 aliphatic heterocycles. The number of hydrogen-bond donors (Lipinski definition) is 2. The molecule has 1 aromatic heterocycles. The van der Waals surface area contributed by atoms with Crippen molar-refractivity contribution in [1.82, 2.24) is 0 Å². The molecule has 2 aromatic rings. The second kappa shape index (κ2) is 2.99. The van der Waals surface area contributed by atoms with Crippen molar-refractivity contribution in [3.63, 3.8) is 0 Å². The molecule has 1 aromatic carbocycles. The molecule has 0 radical (unpaired) electrons. The first-order valence-corrected chi connectivity index (χ1v) is 4.99. The fourth-order valence-electron chi connectivity index (χ4n) is 1.47. The van der Waals surface area contributed by atoms with E-state index in [0.29, 0.717) is 5.69 Å². The molecule has 0 unspecified atom stereocenters. The van der Waals surface area contributed by atoms with Gasteiger partial charge < -0.3 is 10.8 Å². The zero-order chi connectivity index (χ0) is 10.3. The number of benzene rings is 1. The summed E-state index contributed by atoms with van der Waals surface area (Å²) in [6.45, 7) is 1.85. The van der Waals surface area contributed by atoms with Crippen LogP contribution in [0.4, 0.5) is 5.69 Å². The Kier molecular flexibility index (Phi) is 1.93. The Hall–Kier alpha value is -1.55. The normalized spacial score (nSPS) is 10.6. The highest BCUT2D eigenvalue weighted by Gasteiger charge is 2.13. The average Bonchev–Trinajstić information content (AvgIpc) is 2.58. The maximum absolute atomic E-state index is 10.9. The first-order chi connectivity index (χ1) is 6.61. The molecule has 0 atom stereocenters. The Bertz CT molecular complexity index is 516. The monoisotopic (exact) mass is 207 g/mol. The Morgan fingerprint density at radius 3 is 2.93 bits per heavy atom.